The number of amides is 2. The maximum absolute atomic E-state index is 13.1. The van der Waals surface area contributed by atoms with Crippen LogP contribution in [0.25, 0.3) is 0 Å². The van der Waals surface area contributed by atoms with Crippen LogP contribution in [0.3, 0.4) is 0 Å². The van der Waals surface area contributed by atoms with Crippen LogP contribution in [0.1, 0.15) is 51.0 Å². The molecule has 158 valence electrons. The molecular formula is C22H24ClN3O4. The fourth-order valence-corrected chi connectivity index (χ4v) is 4.28. The summed E-state index contributed by atoms with van der Waals surface area (Å²) in [5.74, 6) is -1.60. The highest BCUT2D eigenvalue weighted by atomic mass is 35.5. The van der Waals surface area contributed by atoms with E-state index in [9.17, 15) is 14.4 Å². The lowest BCUT2D eigenvalue weighted by Gasteiger charge is -2.38. The normalized spacial score (nSPS) is 16.5. The molecule has 3 heterocycles. The molecule has 2 aliphatic heterocycles. The first kappa shape index (κ1) is 20.6. The van der Waals surface area contributed by atoms with Crippen molar-refractivity contribution in [1.82, 2.24) is 9.88 Å². The van der Waals surface area contributed by atoms with E-state index in [2.05, 4.69) is 10.6 Å². The Morgan fingerprint density at radius 1 is 1.20 bits per heavy atom. The Labute approximate surface area is 179 Å². The van der Waals surface area contributed by atoms with Gasteiger partial charge in [-0.3, -0.25) is 14.4 Å². The second kappa shape index (κ2) is 7.56. The molecule has 7 nitrogen and oxygen atoms in total. The number of carbonyl (C=O) groups excluding carboxylic acids is 3. The Hall–Kier alpha value is -2.64. The molecule has 2 aromatic rings. The zero-order valence-corrected chi connectivity index (χ0v) is 18.0. The van der Waals surface area contributed by atoms with Gasteiger partial charge in [-0.05, 0) is 56.9 Å². The summed E-state index contributed by atoms with van der Waals surface area (Å²) >= 11 is 6.16. The van der Waals surface area contributed by atoms with Crippen molar-refractivity contribution < 1.29 is 19.1 Å². The minimum Gasteiger partial charge on any atom is -0.376 e. The van der Waals surface area contributed by atoms with E-state index < -0.39 is 17.2 Å². The summed E-state index contributed by atoms with van der Waals surface area (Å²) in [6.45, 7) is 6.84. The van der Waals surface area contributed by atoms with Gasteiger partial charge in [0.2, 0.25) is 0 Å². The number of ether oxygens (including phenoxy) is 1. The molecule has 0 spiro atoms. The van der Waals surface area contributed by atoms with Gasteiger partial charge in [0.25, 0.3) is 17.6 Å². The average Bonchev–Trinajstić information content (AvgIpc) is 3.22. The number of benzene rings is 1. The predicted molar refractivity (Wildman–Crippen MR) is 113 cm³/mol. The van der Waals surface area contributed by atoms with Gasteiger partial charge in [-0.15, -0.1) is 0 Å². The summed E-state index contributed by atoms with van der Waals surface area (Å²) in [4.78, 5) is 38.7. The lowest BCUT2D eigenvalue weighted by atomic mass is 9.98. The molecule has 8 heteroatoms. The molecule has 0 radical (unpaired) electrons. The Morgan fingerprint density at radius 3 is 2.57 bits per heavy atom. The van der Waals surface area contributed by atoms with Crippen LogP contribution in [0.15, 0.2) is 18.2 Å². The van der Waals surface area contributed by atoms with E-state index in [0.717, 1.165) is 17.7 Å². The molecule has 1 aromatic heterocycles. The smallest absolute Gasteiger partial charge is 0.293 e. The number of Topliss-reactive ketones (excluding diaryl/α,β-unsaturated/α-hetero) is 1. The lowest BCUT2D eigenvalue weighted by Crippen LogP contribution is -2.61. The number of aromatic nitrogens is 1. The highest BCUT2D eigenvalue weighted by Gasteiger charge is 2.39. The molecule has 0 unspecified atom stereocenters. The predicted octanol–water partition coefficient (Wildman–Crippen LogP) is 3.04. The molecule has 0 aliphatic carbocycles. The van der Waals surface area contributed by atoms with Gasteiger partial charge in [0.1, 0.15) is 5.69 Å². The zero-order valence-electron chi connectivity index (χ0n) is 17.2. The number of halogens is 1. The average molecular weight is 430 g/mol. The molecule has 2 N–H and O–H groups in total. The second-order valence-electron chi connectivity index (χ2n) is 8.31. The molecule has 1 saturated heterocycles. The fraction of sp³-hybridized carbons (Fsp3) is 0.409. The minimum atomic E-state index is -0.665. The third kappa shape index (κ3) is 3.52. The molecule has 1 aromatic carbocycles. The van der Waals surface area contributed by atoms with Gasteiger partial charge in [-0.2, -0.15) is 0 Å². The Bertz CT molecular complexity index is 1070. The monoisotopic (exact) mass is 429 g/mol. The van der Waals surface area contributed by atoms with Crippen molar-refractivity contribution in [3.05, 3.63) is 51.3 Å². The number of hydrogen-bond donors (Lipinski definition) is 2. The van der Waals surface area contributed by atoms with Gasteiger partial charge in [-0.1, -0.05) is 17.7 Å². The van der Waals surface area contributed by atoms with Gasteiger partial charge < -0.3 is 19.9 Å². The number of carbonyl (C=O) groups is 3. The van der Waals surface area contributed by atoms with E-state index in [1.165, 1.54) is 0 Å². The maximum Gasteiger partial charge on any atom is 0.293 e. The number of ketones is 1. The highest BCUT2D eigenvalue weighted by molar-refractivity contribution is 6.44. The Morgan fingerprint density at radius 2 is 1.93 bits per heavy atom. The SMILES string of the molecule is Cc1ccc(NC(=O)c2c(C)c(C(=O)C(=O)NC3(C)COC3)c3n2CCC3)cc1Cl. The van der Waals surface area contributed by atoms with E-state index in [1.807, 2.05) is 24.5 Å². The minimum absolute atomic E-state index is 0.325. The third-order valence-electron chi connectivity index (χ3n) is 5.74. The summed E-state index contributed by atoms with van der Waals surface area (Å²) in [6, 6.07) is 5.30. The number of nitrogens with zero attached hydrogens (tertiary/aromatic N) is 1. The number of aryl methyl sites for hydroxylation is 1. The molecule has 30 heavy (non-hydrogen) atoms. The highest BCUT2D eigenvalue weighted by Crippen LogP contribution is 2.31. The maximum atomic E-state index is 13.1. The van der Waals surface area contributed by atoms with Gasteiger partial charge in [-0.25, -0.2) is 0 Å². The summed E-state index contributed by atoms with van der Waals surface area (Å²) in [7, 11) is 0. The van der Waals surface area contributed by atoms with Crippen LogP contribution < -0.4 is 10.6 Å². The van der Waals surface area contributed by atoms with Gasteiger partial charge in [0, 0.05) is 22.9 Å². The van der Waals surface area contributed by atoms with Gasteiger partial charge >= 0.3 is 0 Å². The number of rotatable bonds is 5. The van der Waals surface area contributed by atoms with E-state index in [1.54, 1.807) is 19.1 Å². The van der Waals surface area contributed by atoms with Crippen LogP contribution in [0, 0.1) is 13.8 Å². The van der Waals surface area contributed by atoms with Crippen molar-refractivity contribution in [2.24, 2.45) is 0 Å². The lowest BCUT2D eigenvalue weighted by molar-refractivity contribution is -0.126. The van der Waals surface area contributed by atoms with Crippen molar-refractivity contribution in [2.75, 3.05) is 18.5 Å². The molecule has 2 aliphatic rings. The van der Waals surface area contributed by atoms with Crippen LogP contribution >= 0.6 is 11.6 Å². The van der Waals surface area contributed by atoms with Crippen molar-refractivity contribution in [1.29, 1.82) is 0 Å². The van der Waals surface area contributed by atoms with Crippen LogP contribution in [0.2, 0.25) is 5.02 Å². The van der Waals surface area contributed by atoms with E-state index in [0.29, 0.717) is 53.7 Å². The molecule has 0 bridgehead atoms. The molecule has 0 saturated carbocycles. The van der Waals surface area contributed by atoms with Crippen LogP contribution in [0.4, 0.5) is 5.69 Å². The van der Waals surface area contributed by atoms with E-state index in [4.69, 9.17) is 16.3 Å². The quantitative estimate of drug-likeness (QED) is 0.564. The van der Waals surface area contributed by atoms with Crippen molar-refractivity contribution >= 4 is 34.9 Å². The zero-order chi connectivity index (χ0) is 21.6. The number of anilines is 1. The Balaban J connectivity index is 1.63. The topological polar surface area (TPSA) is 89.4 Å². The largest absolute Gasteiger partial charge is 0.376 e. The van der Waals surface area contributed by atoms with Crippen molar-refractivity contribution in [2.45, 2.75) is 45.7 Å². The first-order valence-electron chi connectivity index (χ1n) is 9.94. The summed E-state index contributed by atoms with van der Waals surface area (Å²) in [5.41, 5.74) is 2.99. The molecule has 4 rings (SSSR count). The van der Waals surface area contributed by atoms with Gasteiger partial charge in [0.15, 0.2) is 0 Å². The van der Waals surface area contributed by atoms with Crippen molar-refractivity contribution in [3.8, 4) is 0 Å². The number of nitrogens with one attached hydrogen (secondary N) is 2. The number of hydrogen-bond acceptors (Lipinski definition) is 4. The molecule has 2 amide bonds. The first-order valence-corrected chi connectivity index (χ1v) is 10.3. The standard InChI is InChI=1S/C22H24ClN3O4/c1-12-6-7-14(9-15(12)23)24-20(28)18-13(2)17(16-5-4-8-26(16)18)19(27)21(29)25-22(3)10-30-11-22/h6-7,9H,4-5,8,10-11H2,1-3H3,(H,24,28)(H,25,29). The second-order valence-corrected chi connectivity index (χ2v) is 8.71. The van der Waals surface area contributed by atoms with E-state index >= 15 is 0 Å². The summed E-state index contributed by atoms with van der Waals surface area (Å²) in [5, 5.41) is 6.18. The Kier molecular flexibility index (Phi) is 5.20. The van der Waals surface area contributed by atoms with Gasteiger partial charge in [0.05, 0.1) is 24.3 Å². The van der Waals surface area contributed by atoms with Crippen molar-refractivity contribution in [3.63, 3.8) is 0 Å². The summed E-state index contributed by atoms with van der Waals surface area (Å²) < 4.78 is 6.99. The fourth-order valence-electron chi connectivity index (χ4n) is 4.10. The van der Waals surface area contributed by atoms with Crippen LogP contribution in [-0.4, -0.2) is 40.9 Å². The van der Waals surface area contributed by atoms with Crippen LogP contribution in [0.5, 0.6) is 0 Å². The van der Waals surface area contributed by atoms with E-state index in [-0.39, 0.29) is 5.91 Å². The summed E-state index contributed by atoms with van der Waals surface area (Å²) in [6.07, 6.45) is 1.47. The van der Waals surface area contributed by atoms with Crippen LogP contribution in [-0.2, 0) is 22.5 Å². The molecule has 1 fully saturated rings. The molecule has 0 atom stereocenters. The molecular weight excluding hydrogens is 406 g/mol. The number of fused-ring (bicyclic) bond motifs is 1. The third-order valence-corrected chi connectivity index (χ3v) is 6.15. The first-order chi connectivity index (χ1) is 14.2.